The molecule has 1 aromatic carbocycles. The summed E-state index contributed by atoms with van der Waals surface area (Å²) in [4.78, 5) is 25.2. The van der Waals surface area contributed by atoms with Gasteiger partial charge >= 0.3 is 5.97 Å². The Hall–Kier alpha value is -2.08. The molecule has 0 saturated carbocycles. The summed E-state index contributed by atoms with van der Waals surface area (Å²) in [6.45, 7) is 1.37. The van der Waals surface area contributed by atoms with Crippen molar-refractivity contribution in [1.29, 1.82) is 0 Å². The smallest absolute Gasteiger partial charge is 0.320 e. The van der Waals surface area contributed by atoms with Crippen LogP contribution in [0.1, 0.15) is 30.9 Å². The Bertz CT molecular complexity index is 575. The van der Waals surface area contributed by atoms with E-state index in [1.807, 2.05) is 24.3 Å². The Morgan fingerprint density at radius 3 is 2.95 bits per heavy atom. The molecule has 22 heavy (non-hydrogen) atoms. The Morgan fingerprint density at radius 2 is 2.14 bits per heavy atom. The fourth-order valence-electron chi connectivity index (χ4n) is 3.21. The summed E-state index contributed by atoms with van der Waals surface area (Å²) in [6, 6.07) is 7.08. The van der Waals surface area contributed by atoms with Gasteiger partial charge in [0.05, 0.1) is 19.2 Å². The van der Waals surface area contributed by atoms with Gasteiger partial charge in [0.25, 0.3) is 0 Å². The van der Waals surface area contributed by atoms with Gasteiger partial charge in [0.1, 0.15) is 11.8 Å². The van der Waals surface area contributed by atoms with E-state index in [1.165, 1.54) is 0 Å². The van der Waals surface area contributed by atoms with Crippen molar-refractivity contribution in [3.05, 3.63) is 29.8 Å². The number of hydrogen-bond donors (Lipinski definition) is 2. The van der Waals surface area contributed by atoms with Crippen LogP contribution in [0.2, 0.25) is 0 Å². The number of rotatable bonds is 4. The number of likely N-dealkylation sites (tertiary alicyclic amines) is 1. The molecule has 0 aliphatic carbocycles. The first-order chi connectivity index (χ1) is 10.6. The van der Waals surface area contributed by atoms with Gasteiger partial charge in [-0.05, 0) is 25.5 Å². The molecule has 6 nitrogen and oxygen atoms in total. The zero-order valence-electron chi connectivity index (χ0n) is 12.3. The molecule has 0 radical (unpaired) electrons. The lowest BCUT2D eigenvalue weighted by molar-refractivity contribution is -0.142. The van der Waals surface area contributed by atoms with E-state index in [2.05, 4.69) is 5.32 Å². The van der Waals surface area contributed by atoms with Crippen LogP contribution in [-0.4, -0.2) is 47.6 Å². The first kappa shape index (κ1) is 14.8. The Balaban J connectivity index is 1.62. The highest BCUT2D eigenvalue weighted by atomic mass is 16.5. The van der Waals surface area contributed by atoms with Crippen LogP contribution in [0.15, 0.2) is 24.3 Å². The van der Waals surface area contributed by atoms with Crippen molar-refractivity contribution in [1.82, 2.24) is 10.2 Å². The number of nitrogens with one attached hydrogen (secondary N) is 1. The molecule has 0 spiro atoms. The fourth-order valence-corrected chi connectivity index (χ4v) is 3.21. The first-order valence-corrected chi connectivity index (χ1v) is 7.63. The van der Waals surface area contributed by atoms with Gasteiger partial charge in [-0.15, -0.1) is 0 Å². The lowest BCUT2D eigenvalue weighted by Gasteiger charge is -2.28. The molecule has 0 bridgehead atoms. The molecular weight excluding hydrogens is 284 g/mol. The van der Waals surface area contributed by atoms with Gasteiger partial charge < -0.3 is 15.2 Å². The van der Waals surface area contributed by atoms with Crippen molar-refractivity contribution in [2.75, 3.05) is 19.7 Å². The van der Waals surface area contributed by atoms with Gasteiger partial charge in [0, 0.05) is 12.0 Å². The van der Waals surface area contributed by atoms with Crippen molar-refractivity contribution in [2.24, 2.45) is 0 Å². The lowest BCUT2D eigenvalue weighted by atomic mass is 10.0. The van der Waals surface area contributed by atoms with E-state index >= 15 is 0 Å². The summed E-state index contributed by atoms with van der Waals surface area (Å²) in [5, 5.41) is 12.2. The van der Waals surface area contributed by atoms with Crippen LogP contribution in [0.25, 0.3) is 0 Å². The summed E-state index contributed by atoms with van der Waals surface area (Å²) in [5.41, 5.74) is 0.985. The van der Waals surface area contributed by atoms with Crippen LogP contribution < -0.4 is 10.1 Å². The minimum Gasteiger partial charge on any atom is -0.493 e. The number of aliphatic carboxylic acids is 1. The summed E-state index contributed by atoms with van der Waals surface area (Å²) in [6.07, 6.45) is 2.16. The average Bonchev–Trinajstić information content (AvgIpc) is 2.96. The highest BCUT2D eigenvalue weighted by Gasteiger charge is 2.32. The molecule has 1 amide bonds. The van der Waals surface area contributed by atoms with E-state index in [0.717, 1.165) is 24.2 Å². The number of carbonyl (C=O) groups is 2. The van der Waals surface area contributed by atoms with E-state index in [9.17, 15) is 9.59 Å². The number of hydrogen-bond acceptors (Lipinski definition) is 4. The van der Waals surface area contributed by atoms with Gasteiger partial charge in [0.2, 0.25) is 5.91 Å². The lowest BCUT2D eigenvalue weighted by Crippen LogP contribution is -2.44. The minimum absolute atomic E-state index is 0.0664. The van der Waals surface area contributed by atoms with E-state index < -0.39 is 12.0 Å². The number of carbonyl (C=O) groups excluding carboxylic acids is 1. The second-order valence-electron chi connectivity index (χ2n) is 5.76. The number of ether oxygens (including phenoxy) is 1. The molecule has 2 aliphatic rings. The zero-order valence-corrected chi connectivity index (χ0v) is 12.3. The molecule has 1 fully saturated rings. The molecule has 0 unspecified atom stereocenters. The summed E-state index contributed by atoms with van der Waals surface area (Å²) < 4.78 is 5.58. The first-order valence-electron chi connectivity index (χ1n) is 7.63. The average molecular weight is 304 g/mol. The predicted octanol–water partition coefficient (Wildman–Crippen LogP) is 1.18. The van der Waals surface area contributed by atoms with Crippen molar-refractivity contribution in [3.8, 4) is 5.75 Å². The Labute approximate surface area is 129 Å². The number of carboxylic acids is 1. The molecule has 2 atom stereocenters. The number of fused-ring (bicyclic) bond motifs is 1. The van der Waals surface area contributed by atoms with E-state index in [1.54, 1.807) is 4.90 Å². The molecule has 1 saturated heterocycles. The SMILES string of the molecule is O=C(CN1CCC[C@H]1C(=O)O)N[C@@H]1CCOc2ccccc21. The van der Waals surface area contributed by atoms with Crippen LogP contribution in [0.3, 0.4) is 0 Å². The van der Waals surface area contributed by atoms with Gasteiger partial charge in [0.15, 0.2) is 0 Å². The molecule has 0 aromatic heterocycles. The Kier molecular flexibility index (Phi) is 4.29. The zero-order chi connectivity index (χ0) is 15.5. The van der Waals surface area contributed by atoms with Crippen LogP contribution in [-0.2, 0) is 9.59 Å². The molecular formula is C16H20N2O4. The highest BCUT2D eigenvalue weighted by molar-refractivity contribution is 5.80. The van der Waals surface area contributed by atoms with Crippen LogP contribution in [0.5, 0.6) is 5.75 Å². The summed E-state index contributed by atoms with van der Waals surface area (Å²) in [5.74, 6) is -0.166. The third-order valence-corrected chi connectivity index (χ3v) is 4.29. The third-order valence-electron chi connectivity index (χ3n) is 4.29. The number of amides is 1. The van der Waals surface area contributed by atoms with E-state index in [4.69, 9.17) is 9.84 Å². The molecule has 6 heteroatoms. The predicted molar refractivity (Wildman–Crippen MR) is 79.7 cm³/mol. The van der Waals surface area contributed by atoms with Crippen LogP contribution >= 0.6 is 0 Å². The maximum atomic E-state index is 12.3. The van der Waals surface area contributed by atoms with E-state index in [-0.39, 0.29) is 18.5 Å². The van der Waals surface area contributed by atoms with Gasteiger partial charge in [-0.3, -0.25) is 14.5 Å². The van der Waals surface area contributed by atoms with Crippen molar-refractivity contribution in [2.45, 2.75) is 31.3 Å². The molecule has 2 heterocycles. The van der Waals surface area contributed by atoms with Crippen LogP contribution in [0.4, 0.5) is 0 Å². The number of carboxylic acid groups (broad SMARTS) is 1. The normalized spacial score (nSPS) is 24.4. The summed E-state index contributed by atoms with van der Waals surface area (Å²) in [7, 11) is 0. The summed E-state index contributed by atoms with van der Waals surface area (Å²) >= 11 is 0. The number of benzene rings is 1. The Morgan fingerprint density at radius 1 is 1.32 bits per heavy atom. The monoisotopic (exact) mass is 304 g/mol. The van der Waals surface area contributed by atoms with Crippen molar-refractivity contribution in [3.63, 3.8) is 0 Å². The third kappa shape index (κ3) is 3.06. The molecule has 1 aromatic rings. The minimum atomic E-state index is -0.846. The highest BCUT2D eigenvalue weighted by Crippen LogP contribution is 2.31. The molecule has 118 valence electrons. The quantitative estimate of drug-likeness (QED) is 0.873. The molecule has 2 N–H and O–H groups in total. The molecule has 3 rings (SSSR count). The second kappa shape index (κ2) is 6.36. The largest absolute Gasteiger partial charge is 0.493 e. The van der Waals surface area contributed by atoms with Gasteiger partial charge in [-0.2, -0.15) is 0 Å². The van der Waals surface area contributed by atoms with Crippen LogP contribution in [0, 0.1) is 0 Å². The standard InChI is InChI=1S/C16H20N2O4/c19-15(10-18-8-3-5-13(18)16(20)21)17-12-7-9-22-14-6-2-1-4-11(12)14/h1-2,4,6,12-13H,3,5,7-10H2,(H,17,19)(H,20,21)/t12-,13+/m1/s1. The topological polar surface area (TPSA) is 78.9 Å². The van der Waals surface area contributed by atoms with Gasteiger partial charge in [-0.1, -0.05) is 18.2 Å². The van der Waals surface area contributed by atoms with Crippen molar-refractivity contribution >= 4 is 11.9 Å². The van der Waals surface area contributed by atoms with E-state index in [0.29, 0.717) is 19.6 Å². The number of para-hydroxylation sites is 1. The van der Waals surface area contributed by atoms with Gasteiger partial charge in [-0.25, -0.2) is 0 Å². The second-order valence-corrected chi connectivity index (χ2v) is 5.76. The maximum Gasteiger partial charge on any atom is 0.320 e. The van der Waals surface area contributed by atoms with Crippen molar-refractivity contribution < 1.29 is 19.4 Å². The molecule has 2 aliphatic heterocycles. The fraction of sp³-hybridized carbons (Fsp3) is 0.500. The number of nitrogens with zero attached hydrogens (tertiary/aromatic N) is 1. The maximum absolute atomic E-state index is 12.3.